The number of anilines is 1. The van der Waals surface area contributed by atoms with E-state index in [-0.39, 0.29) is 5.97 Å². The van der Waals surface area contributed by atoms with Crippen LogP contribution < -0.4 is 5.32 Å². The summed E-state index contributed by atoms with van der Waals surface area (Å²) in [5.41, 5.74) is 0.565. The van der Waals surface area contributed by atoms with E-state index in [1.54, 1.807) is 25.1 Å². The minimum absolute atomic E-state index is 0.300. The average Bonchev–Trinajstić information content (AvgIpc) is 2.29. The molecule has 3 nitrogen and oxygen atoms in total. The van der Waals surface area contributed by atoms with Gasteiger partial charge in [0.1, 0.15) is 6.04 Å². The molecule has 0 aromatic heterocycles. The van der Waals surface area contributed by atoms with Crippen LogP contribution >= 0.6 is 23.2 Å². The first kappa shape index (κ1) is 14.1. The van der Waals surface area contributed by atoms with E-state index in [2.05, 4.69) is 5.32 Å². The summed E-state index contributed by atoms with van der Waals surface area (Å²) in [6.45, 7) is 4.01. The molecule has 1 N–H and O–H groups in total. The monoisotopic (exact) mass is 275 g/mol. The fourth-order valence-corrected chi connectivity index (χ4v) is 1.89. The summed E-state index contributed by atoms with van der Waals surface area (Å²) in [6, 6.07) is 4.75. The predicted octanol–water partition coefficient (Wildman–Crippen LogP) is 3.75. The first-order valence-corrected chi connectivity index (χ1v) is 6.22. The highest BCUT2D eigenvalue weighted by Gasteiger charge is 2.19. The lowest BCUT2D eigenvalue weighted by Gasteiger charge is -2.18. The van der Waals surface area contributed by atoms with Crippen molar-refractivity contribution in [1.29, 1.82) is 0 Å². The molecule has 0 spiro atoms. The van der Waals surface area contributed by atoms with Crippen LogP contribution in [0.3, 0.4) is 0 Å². The molecule has 0 aliphatic rings. The van der Waals surface area contributed by atoms with Gasteiger partial charge in [-0.05, 0) is 25.5 Å². The molecule has 0 fully saturated rings. The predicted molar refractivity (Wildman–Crippen MR) is 70.8 cm³/mol. The fourth-order valence-electron chi connectivity index (χ4n) is 1.38. The van der Waals surface area contributed by atoms with Crippen molar-refractivity contribution in [3.8, 4) is 0 Å². The first-order chi connectivity index (χ1) is 8.10. The Labute approximate surface area is 111 Å². The number of rotatable bonds is 5. The molecule has 1 rings (SSSR count). The van der Waals surface area contributed by atoms with Crippen LogP contribution in [0.4, 0.5) is 5.69 Å². The van der Waals surface area contributed by atoms with Gasteiger partial charge < -0.3 is 10.1 Å². The van der Waals surface area contributed by atoms with E-state index in [1.165, 1.54) is 0 Å². The maximum absolute atomic E-state index is 11.6. The van der Waals surface area contributed by atoms with Gasteiger partial charge >= 0.3 is 5.97 Å². The third-order valence-electron chi connectivity index (χ3n) is 2.26. The quantitative estimate of drug-likeness (QED) is 0.832. The smallest absolute Gasteiger partial charge is 0.328 e. The molecule has 0 saturated carbocycles. The Hall–Kier alpha value is -0.930. The number of para-hydroxylation sites is 1. The van der Waals surface area contributed by atoms with E-state index < -0.39 is 6.04 Å². The third-order valence-corrected chi connectivity index (χ3v) is 2.89. The third kappa shape index (κ3) is 3.79. The number of ether oxygens (including phenoxy) is 1. The number of halogens is 2. The summed E-state index contributed by atoms with van der Waals surface area (Å²) in [7, 11) is 0. The standard InChI is InChI=1S/C12H15Cl2NO2/c1-3-10(12(16)17-4-2)15-11-8(13)6-5-7-9(11)14/h5-7,10,15H,3-4H2,1-2H3. The highest BCUT2D eigenvalue weighted by atomic mass is 35.5. The summed E-state index contributed by atoms with van der Waals surface area (Å²) in [5.74, 6) is -0.300. The van der Waals surface area contributed by atoms with Crippen LogP contribution in [0.2, 0.25) is 10.0 Å². The number of carbonyl (C=O) groups is 1. The van der Waals surface area contributed by atoms with Crippen molar-refractivity contribution in [2.45, 2.75) is 26.3 Å². The molecule has 94 valence electrons. The summed E-state index contributed by atoms with van der Waals surface area (Å²) in [5, 5.41) is 3.98. The first-order valence-electron chi connectivity index (χ1n) is 5.47. The van der Waals surface area contributed by atoms with Crippen molar-refractivity contribution in [3.63, 3.8) is 0 Å². The highest BCUT2D eigenvalue weighted by Crippen LogP contribution is 2.30. The van der Waals surface area contributed by atoms with Crippen LogP contribution in [-0.4, -0.2) is 18.6 Å². The van der Waals surface area contributed by atoms with Crippen LogP contribution in [0.15, 0.2) is 18.2 Å². The van der Waals surface area contributed by atoms with Crippen molar-refractivity contribution in [1.82, 2.24) is 0 Å². The Balaban J connectivity index is 2.84. The molecule has 5 heteroatoms. The van der Waals surface area contributed by atoms with Crippen molar-refractivity contribution < 1.29 is 9.53 Å². The van der Waals surface area contributed by atoms with Crippen LogP contribution in [-0.2, 0) is 9.53 Å². The maximum atomic E-state index is 11.6. The minimum Gasteiger partial charge on any atom is -0.464 e. The largest absolute Gasteiger partial charge is 0.464 e. The summed E-state index contributed by atoms with van der Waals surface area (Å²) in [4.78, 5) is 11.6. The van der Waals surface area contributed by atoms with Gasteiger partial charge in [-0.2, -0.15) is 0 Å². The van der Waals surface area contributed by atoms with E-state index in [9.17, 15) is 4.79 Å². The molecule has 0 saturated heterocycles. The topological polar surface area (TPSA) is 38.3 Å². The number of carbonyl (C=O) groups excluding carboxylic acids is 1. The molecule has 0 heterocycles. The van der Waals surface area contributed by atoms with Gasteiger partial charge in [-0.15, -0.1) is 0 Å². The number of hydrogen-bond acceptors (Lipinski definition) is 3. The Bertz CT molecular complexity index is 376. The van der Waals surface area contributed by atoms with Gasteiger partial charge in [-0.3, -0.25) is 0 Å². The SMILES string of the molecule is CCOC(=O)C(CC)Nc1c(Cl)cccc1Cl. The normalized spacial score (nSPS) is 12.0. The zero-order chi connectivity index (χ0) is 12.8. The van der Waals surface area contributed by atoms with E-state index in [4.69, 9.17) is 27.9 Å². The average molecular weight is 276 g/mol. The summed E-state index contributed by atoms with van der Waals surface area (Å²) in [6.07, 6.45) is 0.598. The molecular weight excluding hydrogens is 261 g/mol. The van der Waals surface area contributed by atoms with Crippen molar-refractivity contribution >= 4 is 34.9 Å². The molecule has 0 bridgehead atoms. The van der Waals surface area contributed by atoms with Gasteiger partial charge in [0.2, 0.25) is 0 Å². The van der Waals surface area contributed by atoms with Gasteiger partial charge in [0.05, 0.1) is 22.3 Å². The van der Waals surface area contributed by atoms with Gasteiger partial charge in [-0.25, -0.2) is 4.79 Å². The Morgan fingerprint density at radius 2 is 1.94 bits per heavy atom. The molecule has 1 aromatic rings. The van der Waals surface area contributed by atoms with Crippen molar-refractivity contribution in [2.75, 3.05) is 11.9 Å². The van der Waals surface area contributed by atoms with Crippen LogP contribution in [0.25, 0.3) is 0 Å². The molecular formula is C12H15Cl2NO2. The fraction of sp³-hybridized carbons (Fsp3) is 0.417. The Morgan fingerprint density at radius 3 is 2.41 bits per heavy atom. The van der Waals surface area contributed by atoms with Crippen LogP contribution in [0, 0.1) is 0 Å². The Morgan fingerprint density at radius 1 is 1.35 bits per heavy atom. The molecule has 17 heavy (non-hydrogen) atoms. The zero-order valence-electron chi connectivity index (χ0n) is 9.80. The molecule has 0 amide bonds. The molecule has 0 aliphatic carbocycles. The molecule has 1 unspecified atom stereocenters. The van der Waals surface area contributed by atoms with Gasteiger partial charge in [0, 0.05) is 0 Å². The van der Waals surface area contributed by atoms with E-state index in [0.29, 0.717) is 28.8 Å². The number of hydrogen-bond donors (Lipinski definition) is 1. The van der Waals surface area contributed by atoms with Gasteiger partial charge in [-0.1, -0.05) is 36.2 Å². The molecule has 0 radical (unpaired) electrons. The molecule has 1 atom stereocenters. The highest BCUT2D eigenvalue weighted by molar-refractivity contribution is 6.39. The Kier molecular flexibility index (Phi) is 5.59. The lowest BCUT2D eigenvalue weighted by atomic mass is 10.2. The van der Waals surface area contributed by atoms with Crippen LogP contribution in [0.5, 0.6) is 0 Å². The van der Waals surface area contributed by atoms with Gasteiger partial charge in [0.25, 0.3) is 0 Å². The summed E-state index contributed by atoms with van der Waals surface area (Å²) >= 11 is 12.0. The molecule has 1 aromatic carbocycles. The zero-order valence-corrected chi connectivity index (χ0v) is 11.3. The summed E-state index contributed by atoms with van der Waals surface area (Å²) < 4.78 is 4.96. The second-order valence-corrected chi connectivity index (χ2v) is 4.27. The van der Waals surface area contributed by atoms with E-state index >= 15 is 0 Å². The van der Waals surface area contributed by atoms with Crippen molar-refractivity contribution in [2.24, 2.45) is 0 Å². The van der Waals surface area contributed by atoms with E-state index in [1.807, 2.05) is 6.92 Å². The van der Waals surface area contributed by atoms with Gasteiger partial charge in [0.15, 0.2) is 0 Å². The molecule has 0 aliphatic heterocycles. The lowest BCUT2D eigenvalue weighted by Crippen LogP contribution is -2.30. The second-order valence-electron chi connectivity index (χ2n) is 3.45. The lowest BCUT2D eigenvalue weighted by molar-refractivity contribution is -0.144. The maximum Gasteiger partial charge on any atom is 0.328 e. The number of nitrogens with one attached hydrogen (secondary N) is 1. The number of benzene rings is 1. The second kappa shape index (κ2) is 6.72. The van der Waals surface area contributed by atoms with Crippen molar-refractivity contribution in [3.05, 3.63) is 28.2 Å². The number of esters is 1. The minimum atomic E-state index is -0.438. The van der Waals surface area contributed by atoms with Crippen LogP contribution in [0.1, 0.15) is 20.3 Å². The van der Waals surface area contributed by atoms with E-state index in [0.717, 1.165) is 0 Å².